The maximum atomic E-state index is 11.9. The number of carbonyl (C=O) groups is 1. The first-order chi connectivity index (χ1) is 13.8. The minimum atomic E-state index is -0.0791. The Balaban J connectivity index is 1.30. The number of likely N-dealkylation sites (tertiary alicyclic amines) is 1. The average Bonchev–Trinajstić information content (AvgIpc) is 2.72. The van der Waals surface area contributed by atoms with Crippen LogP contribution in [-0.4, -0.2) is 48.2 Å². The molecular weight excluding hydrogens is 352 g/mol. The number of aromatic nitrogens is 1. The van der Waals surface area contributed by atoms with E-state index in [0.29, 0.717) is 25.1 Å². The largest absolute Gasteiger partial charge is 0.473 e. The molecule has 2 heterocycles. The van der Waals surface area contributed by atoms with Crippen LogP contribution in [0.3, 0.4) is 0 Å². The van der Waals surface area contributed by atoms with Gasteiger partial charge in [0.1, 0.15) is 6.61 Å². The monoisotopic (exact) mass is 386 g/mol. The molecule has 1 aromatic heterocycles. The van der Waals surface area contributed by atoms with Crippen LogP contribution in [0, 0.1) is 0 Å². The van der Waals surface area contributed by atoms with E-state index >= 15 is 0 Å². The van der Waals surface area contributed by atoms with Crippen LogP contribution in [0.2, 0.25) is 0 Å². The van der Waals surface area contributed by atoms with E-state index in [1.54, 1.807) is 0 Å². The fourth-order valence-electron chi connectivity index (χ4n) is 3.92. The number of urea groups is 1. The zero-order valence-corrected chi connectivity index (χ0v) is 16.9. The highest BCUT2D eigenvalue weighted by Gasteiger charge is 2.14. The number of carbonyl (C=O) groups excluding carboxylic acids is 1. The van der Waals surface area contributed by atoms with Crippen molar-refractivity contribution in [3.63, 3.8) is 0 Å². The minimum Gasteiger partial charge on any atom is -0.473 e. The lowest BCUT2D eigenvalue weighted by atomic mass is 9.96. The number of hydrogen-bond donors (Lipinski definition) is 2. The molecule has 1 saturated carbocycles. The Hall–Kier alpha value is -2.08. The molecule has 2 aliphatic rings. The van der Waals surface area contributed by atoms with Gasteiger partial charge in [0.05, 0.1) is 0 Å². The SMILES string of the molecule is O=C(NC/C=C\COc1cc(CN2CCCCC2)ccn1)NC1CCCCC1. The smallest absolute Gasteiger partial charge is 0.315 e. The summed E-state index contributed by atoms with van der Waals surface area (Å²) in [5, 5.41) is 5.92. The highest BCUT2D eigenvalue weighted by molar-refractivity contribution is 5.74. The maximum Gasteiger partial charge on any atom is 0.315 e. The molecule has 3 rings (SSSR count). The van der Waals surface area contributed by atoms with Gasteiger partial charge in [0.2, 0.25) is 5.88 Å². The first-order valence-corrected chi connectivity index (χ1v) is 10.8. The molecule has 2 N–H and O–H groups in total. The summed E-state index contributed by atoms with van der Waals surface area (Å²) in [5.41, 5.74) is 1.25. The molecule has 2 amide bonds. The fraction of sp³-hybridized carbons (Fsp3) is 0.636. The van der Waals surface area contributed by atoms with Gasteiger partial charge in [0.25, 0.3) is 0 Å². The van der Waals surface area contributed by atoms with Crippen molar-refractivity contribution in [3.8, 4) is 5.88 Å². The third-order valence-electron chi connectivity index (χ3n) is 5.47. The van der Waals surface area contributed by atoms with Crippen molar-refractivity contribution in [1.82, 2.24) is 20.5 Å². The van der Waals surface area contributed by atoms with Crippen LogP contribution >= 0.6 is 0 Å². The van der Waals surface area contributed by atoms with Gasteiger partial charge in [-0.2, -0.15) is 0 Å². The lowest BCUT2D eigenvalue weighted by molar-refractivity contribution is 0.220. The first kappa shape index (κ1) is 20.6. The number of hydrogen-bond acceptors (Lipinski definition) is 4. The van der Waals surface area contributed by atoms with E-state index in [1.807, 2.05) is 24.4 Å². The fourth-order valence-corrected chi connectivity index (χ4v) is 3.92. The molecule has 0 unspecified atom stereocenters. The van der Waals surface area contributed by atoms with Crippen LogP contribution < -0.4 is 15.4 Å². The van der Waals surface area contributed by atoms with Gasteiger partial charge in [0.15, 0.2) is 0 Å². The molecule has 154 valence electrons. The number of amides is 2. The molecule has 28 heavy (non-hydrogen) atoms. The van der Waals surface area contributed by atoms with Gasteiger partial charge in [-0.15, -0.1) is 0 Å². The van der Waals surface area contributed by atoms with Crippen LogP contribution in [0.15, 0.2) is 30.5 Å². The Bertz CT molecular complexity index is 623. The molecule has 0 spiro atoms. The van der Waals surface area contributed by atoms with E-state index in [-0.39, 0.29) is 6.03 Å². The highest BCUT2D eigenvalue weighted by Crippen LogP contribution is 2.17. The molecule has 6 heteroatoms. The van der Waals surface area contributed by atoms with Crippen molar-refractivity contribution in [2.45, 2.75) is 64.0 Å². The van der Waals surface area contributed by atoms with Crippen molar-refractivity contribution >= 4 is 6.03 Å². The molecule has 0 bridgehead atoms. The summed E-state index contributed by atoms with van der Waals surface area (Å²) in [6.45, 7) is 4.29. The quantitative estimate of drug-likeness (QED) is 0.670. The van der Waals surface area contributed by atoms with Gasteiger partial charge < -0.3 is 15.4 Å². The van der Waals surface area contributed by atoms with Crippen molar-refractivity contribution in [3.05, 3.63) is 36.0 Å². The second-order valence-electron chi connectivity index (χ2n) is 7.81. The molecule has 6 nitrogen and oxygen atoms in total. The van der Waals surface area contributed by atoms with Crippen LogP contribution in [0.4, 0.5) is 4.79 Å². The van der Waals surface area contributed by atoms with Crippen molar-refractivity contribution in [1.29, 1.82) is 0 Å². The Morgan fingerprint density at radius 2 is 1.93 bits per heavy atom. The van der Waals surface area contributed by atoms with E-state index < -0.39 is 0 Å². The molecule has 0 aromatic carbocycles. The third-order valence-corrected chi connectivity index (χ3v) is 5.47. The van der Waals surface area contributed by atoms with E-state index in [1.165, 1.54) is 57.2 Å². The zero-order chi connectivity index (χ0) is 19.4. The van der Waals surface area contributed by atoms with Crippen molar-refractivity contribution in [2.24, 2.45) is 0 Å². The predicted molar refractivity (Wildman–Crippen MR) is 111 cm³/mol. The Morgan fingerprint density at radius 1 is 1.14 bits per heavy atom. The van der Waals surface area contributed by atoms with Gasteiger partial charge in [-0.3, -0.25) is 4.90 Å². The number of nitrogens with zero attached hydrogens (tertiary/aromatic N) is 2. The molecule has 1 aromatic rings. The zero-order valence-electron chi connectivity index (χ0n) is 16.9. The van der Waals surface area contributed by atoms with Gasteiger partial charge in [-0.05, 0) is 56.5 Å². The van der Waals surface area contributed by atoms with Crippen molar-refractivity contribution < 1.29 is 9.53 Å². The first-order valence-electron chi connectivity index (χ1n) is 10.8. The molecular formula is C22H34N4O2. The normalized spacial score (nSPS) is 18.9. The number of piperidine rings is 1. The predicted octanol–water partition coefficient (Wildman–Crippen LogP) is 3.63. The second-order valence-corrected chi connectivity index (χ2v) is 7.81. The number of nitrogens with one attached hydrogen (secondary N) is 2. The minimum absolute atomic E-state index is 0.0791. The molecule has 1 saturated heterocycles. The summed E-state index contributed by atoms with van der Waals surface area (Å²) < 4.78 is 5.72. The number of rotatable bonds is 8. The van der Waals surface area contributed by atoms with Crippen LogP contribution in [0.5, 0.6) is 5.88 Å². The lowest BCUT2D eigenvalue weighted by Gasteiger charge is -2.26. The summed E-state index contributed by atoms with van der Waals surface area (Å²) in [6, 6.07) is 4.35. The molecule has 1 aliphatic carbocycles. The van der Waals surface area contributed by atoms with E-state index in [0.717, 1.165) is 19.4 Å². The van der Waals surface area contributed by atoms with Gasteiger partial charge in [-0.25, -0.2) is 9.78 Å². The molecule has 0 atom stereocenters. The van der Waals surface area contributed by atoms with Gasteiger partial charge in [-0.1, -0.05) is 31.8 Å². The third kappa shape index (κ3) is 7.50. The van der Waals surface area contributed by atoms with Crippen molar-refractivity contribution in [2.75, 3.05) is 26.2 Å². The Labute approximate surface area is 168 Å². The Kier molecular flexibility index (Phi) is 8.62. The highest BCUT2D eigenvalue weighted by atomic mass is 16.5. The van der Waals surface area contributed by atoms with Gasteiger partial charge in [0, 0.05) is 31.4 Å². The summed E-state index contributed by atoms with van der Waals surface area (Å²) in [6.07, 6.45) is 15.5. The number of pyridine rings is 1. The second kappa shape index (κ2) is 11.7. The summed E-state index contributed by atoms with van der Waals surface area (Å²) >= 11 is 0. The van der Waals surface area contributed by atoms with E-state index in [2.05, 4.69) is 26.6 Å². The van der Waals surface area contributed by atoms with Gasteiger partial charge >= 0.3 is 6.03 Å². The molecule has 0 radical (unpaired) electrons. The lowest BCUT2D eigenvalue weighted by Crippen LogP contribution is -2.42. The summed E-state index contributed by atoms with van der Waals surface area (Å²) in [4.78, 5) is 18.6. The standard InChI is InChI=1S/C22H34N4O2/c27-22(25-20-9-3-1-4-10-20)24-12-5-8-16-28-21-17-19(11-13-23-21)18-26-14-6-2-7-15-26/h5,8,11,13,17,20H,1-4,6-7,9-10,12,14-16,18H2,(H2,24,25,27)/b8-5-. The molecule has 1 aliphatic heterocycles. The number of ether oxygens (including phenoxy) is 1. The topological polar surface area (TPSA) is 66.5 Å². The summed E-state index contributed by atoms with van der Waals surface area (Å²) in [7, 11) is 0. The Morgan fingerprint density at radius 3 is 2.75 bits per heavy atom. The van der Waals surface area contributed by atoms with E-state index in [4.69, 9.17) is 4.74 Å². The van der Waals surface area contributed by atoms with Crippen LogP contribution in [0.1, 0.15) is 56.9 Å². The van der Waals surface area contributed by atoms with E-state index in [9.17, 15) is 4.79 Å². The van der Waals surface area contributed by atoms with Crippen LogP contribution in [0.25, 0.3) is 0 Å². The average molecular weight is 387 g/mol. The molecule has 2 fully saturated rings. The van der Waals surface area contributed by atoms with Crippen LogP contribution in [-0.2, 0) is 6.54 Å². The maximum absolute atomic E-state index is 11.9. The summed E-state index contributed by atoms with van der Waals surface area (Å²) in [5.74, 6) is 0.655.